The van der Waals surface area contributed by atoms with Gasteiger partial charge in [0.05, 0.1) is 7.11 Å². The van der Waals surface area contributed by atoms with Crippen LogP contribution in [0.4, 0.5) is 10.8 Å². The molecule has 1 heterocycles. The molecule has 0 aliphatic rings. The number of methoxy groups -OCH3 is 1. The smallest absolute Gasteiger partial charge is 0.197 e. The van der Waals surface area contributed by atoms with Crippen molar-refractivity contribution >= 4 is 34.1 Å². The fourth-order valence-corrected chi connectivity index (χ4v) is 2.59. The largest absolute Gasteiger partial charge is 0.490 e. The molecule has 4 nitrogen and oxygen atoms in total. The van der Waals surface area contributed by atoms with E-state index in [1.54, 1.807) is 7.11 Å². The molecule has 0 amide bonds. The van der Waals surface area contributed by atoms with Gasteiger partial charge in [-0.15, -0.1) is 0 Å². The first kappa shape index (κ1) is 12.4. The summed E-state index contributed by atoms with van der Waals surface area (Å²) >= 11 is 3.19. The van der Waals surface area contributed by atoms with E-state index in [0.717, 1.165) is 17.3 Å². The van der Waals surface area contributed by atoms with Crippen LogP contribution in [0.2, 0.25) is 0 Å². The molecule has 1 aromatic heterocycles. The van der Waals surface area contributed by atoms with E-state index in [1.807, 2.05) is 11.8 Å². The zero-order valence-electron chi connectivity index (χ0n) is 9.24. The minimum Gasteiger partial charge on any atom is -0.490 e. The van der Waals surface area contributed by atoms with Crippen molar-refractivity contribution in [1.29, 1.82) is 0 Å². The van der Waals surface area contributed by atoms with Crippen molar-refractivity contribution in [3.63, 3.8) is 0 Å². The molecule has 0 aromatic carbocycles. The van der Waals surface area contributed by atoms with Gasteiger partial charge in [0.25, 0.3) is 0 Å². The Hall–Kier alpha value is -0.620. The predicted molar refractivity (Wildman–Crippen MR) is 69.1 cm³/mol. The maximum atomic E-state index is 5.65. The molecule has 0 aliphatic heterocycles. The number of aromatic nitrogens is 1. The lowest BCUT2D eigenvalue weighted by Crippen LogP contribution is -2.12. The monoisotopic (exact) mass is 247 g/mol. The summed E-state index contributed by atoms with van der Waals surface area (Å²) in [5.41, 5.74) is 5.65. The quantitative estimate of drug-likeness (QED) is 0.806. The Balaban J connectivity index is 2.50. The molecule has 1 unspecified atom stereocenters. The van der Waals surface area contributed by atoms with Gasteiger partial charge in [0.1, 0.15) is 0 Å². The summed E-state index contributed by atoms with van der Waals surface area (Å²) in [6.07, 6.45) is 2.11. The number of nitrogens with two attached hydrogens (primary N) is 1. The number of hydrogen-bond donors (Lipinski definition) is 2. The molecule has 0 fully saturated rings. The minimum atomic E-state index is 0.461. The summed E-state index contributed by atoms with van der Waals surface area (Å²) in [7, 11) is 1.61. The highest BCUT2D eigenvalue weighted by Crippen LogP contribution is 2.34. The average Bonchev–Trinajstić information content (AvgIpc) is 2.56. The van der Waals surface area contributed by atoms with Crippen LogP contribution >= 0.6 is 23.3 Å². The maximum Gasteiger partial charge on any atom is 0.197 e. The van der Waals surface area contributed by atoms with Gasteiger partial charge >= 0.3 is 0 Å². The zero-order chi connectivity index (χ0) is 11.3. The van der Waals surface area contributed by atoms with Gasteiger partial charge in [-0.25, -0.2) is 0 Å². The molecule has 0 bridgehead atoms. The van der Waals surface area contributed by atoms with Gasteiger partial charge in [-0.1, -0.05) is 6.92 Å². The van der Waals surface area contributed by atoms with Gasteiger partial charge in [-0.3, -0.25) is 0 Å². The molecule has 1 atom stereocenters. The van der Waals surface area contributed by atoms with Crippen LogP contribution in [0, 0.1) is 5.92 Å². The lowest BCUT2D eigenvalue weighted by atomic mass is 10.2. The predicted octanol–water partition coefficient (Wildman–Crippen LogP) is 2.14. The van der Waals surface area contributed by atoms with Crippen molar-refractivity contribution in [1.82, 2.24) is 4.37 Å². The van der Waals surface area contributed by atoms with E-state index in [-0.39, 0.29) is 0 Å². The molecule has 86 valence electrons. The van der Waals surface area contributed by atoms with Crippen LogP contribution in [0.25, 0.3) is 0 Å². The van der Waals surface area contributed by atoms with Gasteiger partial charge in [0.2, 0.25) is 0 Å². The molecule has 0 spiro atoms. The Morgan fingerprint density at radius 3 is 3.00 bits per heavy atom. The highest BCUT2D eigenvalue weighted by Gasteiger charge is 2.12. The summed E-state index contributed by atoms with van der Waals surface area (Å²) in [6.45, 7) is 3.12. The fraction of sp³-hybridized carbons (Fsp3) is 0.667. The number of anilines is 2. The number of hydrogen-bond acceptors (Lipinski definition) is 6. The molecular formula is C9H17N3OS2. The van der Waals surface area contributed by atoms with E-state index in [1.165, 1.54) is 11.5 Å². The van der Waals surface area contributed by atoms with Crippen LogP contribution in [0.15, 0.2) is 0 Å². The minimum absolute atomic E-state index is 0.461. The molecule has 6 heteroatoms. The van der Waals surface area contributed by atoms with E-state index in [0.29, 0.717) is 17.5 Å². The summed E-state index contributed by atoms with van der Waals surface area (Å²) in [6, 6.07) is 0. The number of nitrogens with one attached hydrogen (secondary N) is 1. The summed E-state index contributed by atoms with van der Waals surface area (Å²) in [5, 5.41) is 4.23. The third-order valence-electron chi connectivity index (χ3n) is 1.94. The van der Waals surface area contributed by atoms with E-state index in [2.05, 4.69) is 22.9 Å². The number of nitrogen functional groups attached to an aromatic ring is 1. The molecule has 3 N–H and O–H groups in total. The van der Waals surface area contributed by atoms with E-state index < -0.39 is 0 Å². The third-order valence-corrected chi connectivity index (χ3v) is 3.64. The Kier molecular flexibility index (Phi) is 5.04. The first-order chi connectivity index (χ1) is 7.19. The number of nitrogens with zero attached hydrogens (tertiary/aromatic N) is 1. The topological polar surface area (TPSA) is 60.2 Å². The molecular weight excluding hydrogens is 230 g/mol. The molecule has 1 rings (SSSR count). The van der Waals surface area contributed by atoms with Crippen molar-refractivity contribution in [2.75, 3.05) is 36.7 Å². The van der Waals surface area contributed by atoms with Crippen molar-refractivity contribution < 1.29 is 4.74 Å². The second kappa shape index (κ2) is 6.07. The Labute approximate surface area is 98.7 Å². The molecule has 0 radical (unpaired) electrons. The lowest BCUT2D eigenvalue weighted by molar-refractivity contribution is 0.419. The van der Waals surface area contributed by atoms with Crippen LogP contribution in [0.5, 0.6) is 5.75 Å². The summed E-state index contributed by atoms with van der Waals surface area (Å²) < 4.78 is 9.20. The Morgan fingerprint density at radius 2 is 2.40 bits per heavy atom. The van der Waals surface area contributed by atoms with Crippen LogP contribution in [0.3, 0.4) is 0 Å². The SMILES string of the molecule is COc1c(N)nsc1NCC(C)CSC. The van der Waals surface area contributed by atoms with E-state index in [9.17, 15) is 0 Å². The standard InChI is InChI=1S/C9H17N3OS2/c1-6(5-14-3)4-11-9-7(13-2)8(10)12-15-9/h6,11H,4-5H2,1-3H3,(H2,10,12). The first-order valence-electron chi connectivity index (χ1n) is 4.71. The highest BCUT2D eigenvalue weighted by molar-refractivity contribution is 7.98. The lowest BCUT2D eigenvalue weighted by Gasteiger charge is -2.11. The maximum absolute atomic E-state index is 5.65. The van der Waals surface area contributed by atoms with Crippen molar-refractivity contribution in [3.05, 3.63) is 0 Å². The molecule has 0 saturated heterocycles. The summed E-state index contributed by atoms with van der Waals surface area (Å²) in [5.74, 6) is 2.88. The van der Waals surface area contributed by atoms with Crippen LogP contribution in [0.1, 0.15) is 6.92 Å². The van der Waals surface area contributed by atoms with Gasteiger partial charge in [-0.2, -0.15) is 16.1 Å². The Bertz CT molecular complexity index is 304. The molecule has 0 aliphatic carbocycles. The third kappa shape index (κ3) is 3.46. The highest BCUT2D eigenvalue weighted by atomic mass is 32.2. The van der Waals surface area contributed by atoms with Crippen LogP contribution < -0.4 is 15.8 Å². The van der Waals surface area contributed by atoms with Gasteiger partial charge < -0.3 is 15.8 Å². The van der Waals surface area contributed by atoms with E-state index >= 15 is 0 Å². The van der Waals surface area contributed by atoms with Crippen molar-refractivity contribution in [3.8, 4) is 5.75 Å². The Morgan fingerprint density at radius 1 is 1.67 bits per heavy atom. The average molecular weight is 247 g/mol. The first-order valence-corrected chi connectivity index (χ1v) is 6.87. The number of ether oxygens (including phenoxy) is 1. The second-order valence-electron chi connectivity index (χ2n) is 3.37. The van der Waals surface area contributed by atoms with E-state index in [4.69, 9.17) is 10.5 Å². The number of rotatable bonds is 6. The molecule has 1 aromatic rings. The number of thioether (sulfide) groups is 1. The molecule has 15 heavy (non-hydrogen) atoms. The fourth-order valence-electron chi connectivity index (χ4n) is 1.21. The summed E-state index contributed by atoms with van der Waals surface area (Å²) in [4.78, 5) is 0. The second-order valence-corrected chi connectivity index (χ2v) is 5.06. The normalized spacial score (nSPS) is 12.5. The van der Waals surface area contributed by atoms with Crippen molar-refractivity contribution in [2.45, 2.75) is 6.92 Å². The van der Waals surface area contributed by atoms with Gasteiger partial charge in [0.15, 0.2) is 16.6 Å². The zero-order valence-corrected chi connectivity index (χ0v) is 10.9. The van der Waals surface area contributed by atoms with Crippen LogP contribution in [-0.4, -0.2) is 30.0 Å². The van der Waals surface area contributed by atoms with Crippen molar-refractivity contribution in [2.24, 2.45) is 5.92 Å². The molecule has 0 saturated carbocycles. The van der Waals surface area contributed by atoms with Gasteiger partial charge in [0, 0.05) is 6.54 Å². The van der Waals surface area contributed by atoms with Gasteiger partial charge in [-0.05, 0) is 29.5 Å². The van der Waals surface area contributed by atoms with Crippen LogP contribution in [-0.2, 0) is 0 Å².